The number of hydrogen-bond donors (Lipinski definition) is 1. The van der Waals surface area contributed by atoms with Crippen molar-refractivity contribution in [3.05, 3.63) is 71.1 Å². The predicted octanol–water partition coefficient (Wildman–Crippen LogP) is 4.51. The molecular formula is C24H24N2O3S. The van der Waals surface area contributed by atoms with Gasteiger partial charge in [0.25, 0.3) is 5.91 Å². The molecule has 5 rings (SSSR count). The number of carbonyl (C=O) groups is 1. The van der Waals surface area contributed by atoms with Gasteiger partial charge in [0, 0.05) is 30.6 Å². The molecule has 30 heavy (non-hydrogen) atoms. The zero-order valence-electron chi connectivity index (χ0n) is 16.7. The van der Waals surface area contributed by atoms with E-state index in [4.69, 9.17) is 9.47 Å². The summed E-state index contributed by atoms with van der Waals surface area (Å²) in [6.07, 6.45) is 0.774. The summed E-state index contributed by atoms with van der Waals surface area (Å²) in [4.78, 5) is 16.3. The molecule has 1 aromatic heterocycles. The van der Waals surface area contributed by atoms with Crippen molar-refractivity contribution in [1.82, 2.24) is 5.32 Å². The number of ether oxygens (including phenoxy) is 2. The lowest BCUT2D eigenvalue weighted by molar-refractivity contribution is 0.0929. The lowest BCUT2D eigenvalue weighted by atomic mass is 10.0. The first-order valence-corrected chi connectivity index (χ1v) is 11.2. The van der Waals surface area contributed by atoms with Crippen LogP contribution in [0.3, 0.4) is 0 Å². The Morgan fingerprint density at radius 2 is 1.77 bits per heavy atom. The van der Waals surface area contributed by atoms with Crippen LogP contribution < -0.4 is 15.0 Å². The standard InChI is InChI=1S/C24H24N2O3S/c27-23(25-20-10-13-29-21-9-5-4-8-18(20)21)22-16-19(17-6-2-1-3-7-17)24(30-22)26-11-14-28-15-12-26/h1-9,16,20H,10-15H2,(H,25,27)/t20-/m0/s1. The summed E-state index contributed by atoms with van der Waals surface area (Å²) in [5.74, 6) is 0.831. The van der Waals surface area contributed by atoms with Gasteiger partial charge in [0.1, 0.15) is 5.75 Å². The number of thiophene rings is 1. The second kappa shape index (κ2) is 8.50. The molecule has 1 atom stereocenters. The van der Waals surface area contributed by atoms with Crippen molar-refractivity contribution in [1.29, 1.82) is 0 Å². The zero-order chi connectivity index (χ0) is 20.3. The van der Waals surface area contributed by atoms with E-state index in [0.29, 0.717) is 19.8 Å². The number of anilines is 1. The Labute approximate surface area is 180 Å². The average Bonchev–Trinajstić information content (AvgIpc) is 3.26. The van der Waals surface area contributed by atoms with Crippen LogP contribution in [0.25, 0.3) is 11.1 Å². The van der Waals surface area contributed by atoms with Gasteiger partial charge in [-0.1, -0.05) is 48.5 Å². The van der Waals surface area contributed by atoms with Crippen molar-refractivity contribution in [2.45, 2.75) is 12.5 Å². The maximum absolute atomic E-state index is 13.2. The van der Waals surface area contributed by atoms with Gasteiger partial charge >= 0.3 is 0 Å². The molecule has 1 saturated heterocycles. The number of amides is 1. The van der Waals surface area contributed by atoms with E-state index in [0.717, 1.165) is 51.8 Å². The van der Waals surface area contributed by atoms with Crippen molar-refractivity contribution >= 4 is 22.2 Å². The number of rotatable bonds is 4. The van der Waals surface area contributed by atoms with Crippen LogP contribution in [-0.4, -0.2) is 38.8 Å². The molecule has 154 valence electrons. The van der Waals surface area contributed by atoms with E-state index in [2.05, 4.69) is 22.3 Å². The number of nitrogens with zero attached hydrogens (tertiary/aromatic N) is 1. The third-order valence-corrected chi connectivity index (χ3v) is 6.78. The molecule has 3 aromatic rings. The van der Waals surface area contributed by atoms with Gasteiger partial charge in [0.2, 0.25) is 0 Å². The van der Waals surface area contributed by atoms with Crippen LogP contribution in [0.4, 0.5) is 5.00 Å². The summed E-state index contributed by atoms with van der Waals surface area (Å²) in [5, 5.41) is 4.38. The third-order valence-electron chi connectivity index (χ3n) is 5.58. The molecule has 5 nitrogen and oxygen atoms in total. The van der Waals surface area contributed by atoms with Gasteiger partial charge in [-0.3, -0.25) is 4.79 Å². The van der Waals surface area contributed by atoms with Gasteiger partial charge in [-0.15, -0.1) is 11.3 Å². The number of hydrogen-bond acceptors (Lipinski definition) is 5. The summed E-state index contributed by atoms with van der Waals surface area (Å²) in [7, 11) is 0. The van der Waals surface area contributed by atoms with E-state index in [9.17, 15) is 4.79 Å². The molecule has 0 saturated carbocycles. The molecule has 0 spiro atoms. The Bertz CT molecular complexity index is 1030. The summed E-state index contributed by atoms with van der Waals surface area (Å²) in [6, 6.07) is 20.2. The minimum absolute atomic E-state index is 0.0293. The fraction of sp³-hybridized carbons (Fsp3) is 0.292. The highest BCUT2D eigenvalue weighted by Crippen LogP contribution is 2.40. The van der Waals surface area contributed by atoms with E-state index in [1.165, 1.54) is 0 Å². The summed E-state index contributed by atoms with van der Waals surface area (Å²) >= 11 is 1.57. The summed E-state index contributed by atoms with van der Waals surface area (Å²) in [5.41, 5.74) is 3.29. The van der Waals surface area contributed by atoms with Crippen molar-refractivity contribution < 1.29 is 14.3 Å². The fourth-order valence-corrected chi connectivity index (χ4v) is 5.18. The lowest BCUT2D eigenvalue weighted by Crippen LogP contribution is -2.35. The highest BCUT2D eigenvalue weighted by Gasteiger charge is 2.26. The molecule has 0 bridgehead atoms. The maximum atomic E-state index is 13.2. The van der Waals surface area contributed by atoms with Crippen molar-refractivity contribution in [2.75, 3.05) is 37.8 Å². The third kappa shape index (κ3) is 3.80. The number of morpholine rings is 1. The maximum Gasteiger partial charge on any atom is 0.261 e. The second-order valence-electron chi connectivity index (χ2n) is 7.50. The molecular weight excluding hydrogens is 396 g/mol. The number of carbonyl (C=O) groups excluding carboxylic acids is 1. The van der Waals surface area contributed by atoms with Crippen LogP contribution in [0.5, 0.6) is 5.75 Å². The van der Waals surface area contributed by atoms with Gasteiger partial charge in [-0.05, 0) is 17.7 Å². The molecule has 1 N–H and O–H groups in total. The number of para-hydroxylation sites is 1. The van der Waals surface area contributed by atoms with Gasteiger partial charge in [-0.2, -0.15) is 0 Å². The molecule has 2 aromatic carbocycles. The molecule has 0 radical (unpaired) electrons. The fourth-order valence-electron chi connectivity index (χ4n) is 4.04. The van der Waals surface area contributed by atoms with Crippen LogP contribution in [0, 0.1) is 0 Å². The Morgan fingerprint density at radius 3 is 2.60 bits per heavy atom. The van der Waals surface area contributed by atoms with Crippen LogP contribution >= 0.6 is 11.3 Å². The van der Waals surface area contributed by atoms with Crippen LogP contribution in [0.15, 0.2) is 60.7 Å². The zero-order valence-corrected chi connectivity index (χ0v) is 17.5. The molecule has 2 aliphatic rings. The monoisotopic (exact) mass is 420 g/mol. The summed E-state index contributed by atoms with van der Waals surface area (Å²) < 4.78 is 11.3. The topological polar surface area (TPSA) is 50.8 Å². The molecule has 3 heterocycles. The molecule has 6 heteroatoms. The van der Waals surface area contributed by atoms with E-state index >= 15 is 0 Å². The number of nitrogens with one attached hydrogen (secondary N) is 1. The first-order valence-electron chi connectivity index (χ1n) is 10.3. The molecule has 2 aliphatic heterocycles. The Kier molecular flexibility index (Phi) is 5.43. The van der Waals surface area contributed by atoms with Crippen LogP contribution in [0.1, 0.15) is 27.7 Å². The molecule has 1 fully saturated rings. The second-order valence-corrected chi connectivity index (χ2v) is 8.53. The Morgan fingerprint density at radius 1 is 1.00 bits per heavy atom. The van der Waals surface area contributed by atoms with Gasteiger partial charge in [-0.25, -0.2) is 0 Å². The van der Waals surface area contributed by atoms with Gasteiger partial charge < -0.3 is 19.7 Å². The van der Waals surface area contributed by atoms with Crippen molar-refractivity contribution in [3.63, 3.8) is 0 Å². The minimum atomic E-state index is -0.0310. The van der Waals surface area contributed by atoms with Crippen molar-refractivity contribution in [2.24, 2.45) is 0 Å². The van der Waals surface area contributed by atoms with E-state index in [-0.39, 0.29) is 11.9 Å². The molecule has 0 aliphatic carbocycles. The molecule has 0 unspecified atom stereocenters. The lowest BCUT2D eigenvalue weighted by Gasteiger charge is -2.28. The number of fused-ring (bicyclic) bond motifs is 1. The van der Waals surface area contributed by atoms with E-state index in [1.54, 1.807) is 11.3 Å². The summed E-state index contributed by atoms with van der Waals surface area (Å²) in [6.45, 7) is 3.73. The first kappa shape index (κ1) is 19.2. The quantitative estimate of drug-likeness (QED) is 0.675. The number of benzene rings is 2. The first-order chi connectivity index (χ1) is 14.8. The highest BCUT2D eigenvalue weighted by atomic mass is 32.1. The normalized spacial score (nSPS) is 18.4. The smallest absolute Gasteiger partial charge is 0.261 e. The Balaban J connectivity index is 1.44. The van der Waals surface area contributed by atoms with Crippen LogP contribution in [0.2, 0.25) is 0 Å². The van der Waals surface area contributed by atoms with Gasteiger partial charge in [0.15, 0.2) is 0 Å². The average molecular weight is 421 g/mol. The Hall–Kier alpha value is -2.83. The molecule has 1 amide bonds. The van der Waals surface area contributed by atoms with E-state index < -0.39 is 0 Å². The van der Waals surface area contributed by atoms with Crippen molar-refractivity contribution in [3.8, 4) is 16.9 Å². The minimum Gasteiger partial charge on any atom is -0.493 e. The SMILES string of the molecule is O=C(N[C@H]1CCOc2ccccc21)c1cc(-c2ccccc2)c(N2CCOCC2)s1. The van der Waals surface area contributed by atoms with Gasteiger partial charge in [0.05, 0.1) is 35.7 Å². The van der Waals surface area contributed by atoms with E-state index in [1.807, 2.05) is 48.5 Å². The highest BCUT2D eigenvalue weighted by molar-refractivity contribution is 7.18. The van der Waals surface area contributed by atoms with Crippen LogP contribution in [-0.2, 0) is 4.74 Å². The largest absolute Gasteiger partial charge is 0.493 e. The predicted molar refractivity (Wildman–Crippen MR) is 120 cm³/mol.